The number of nitriles is 1. The van der Waals surface area contributed by atoms with E-state index in [1.165, 1.54) is 13.7 Å². The van der Waals surface area contributed by atoms with Crippen molar-refractivity contribution in [3.8, 4) is 6.07 Å². The highest BCUT2D eigenvalue weighted by molar-refractivity contribution is 14.1. The minimum absolute atomic E-state index is 0.473. The topological polar surface area (TPSA) is 23.8 Å². The average Bonchev–Trinajstić information content (AvgIpc) is 2.54. The van der Waals surface area contributed by atoms with Gasteiger partial charge in [-0.2, -0.15) is 5.26 Å². The first-order chi connectivity index (χ1) is 6.74. The molecule has 2 aromatic rings. The molecule has 2 rings (SSSR count). The highest BCUT2D eigenvalue weighted by Crippen LogP contribution is 2.34. The first-order valence-corrected chi connectivity index (χ1v) is 6.39. The lowest BCUT2D eigenvalue weighted by Crippen LogP contribution is -1.82. The molecule has 14 heavy (non-hydrogen) atoms. The van der Waals surface area contributed by atoms with E-state index in [9.17, 15) is 0 Å². The van der Waals surface area contributed by atoms with Crippen LogP contribution in [0.2, 0.25) is 0 Å². The maximum atomic E-state index is 8.69. The molecule has 0 unspecified atom stereocenters. The van der Waals surface area contributed by atoms with E-state index in [4.69, 9.17) is 5.26 Å². The quantitative estimate of drug-likeness (QED) is 0.623. The molecule has 0 radical (unpaired) electrons. The fourth-order valence-corrected chi connectivity index (χ4v) is 4.06. The van der Waals surface area contributed by atoms with Crippen molar-refractivity contribution < 1.29 is 0 Å². The summed E-state index contributed by atoms with van der Waals surface area (Å²) in [5.41, 5.74) is 1.10. The molecular formula is C10H6INS2. The van der Waals surface area contributed by atoms with Gasteiger partial charge >= 0.3 is 0 Å². The molecule has 0 aliphatic rings. The van der Waals surface area contributed by atoms with E-state index in [-0.39, 0.29) is 0 Å². The maximum absolute atomic E-state index is 8.69. The molecule has 0 aliphatic carbocycles. The lowest BCUT2D eigenvalue weighted by molar-refractivity contribution is 1.28. The highest BCUT2D eigenvalue weighted by atomic mass is 127. The van der Waals surface area contributed by atoms with E-state index < -0.39 is 0 Å². The van der Waals surface area contributed by atoms with Crippen LogP contribution in [0, 0.1) is 14.9 Å². The van der Waals surface area contributed by atoms with Gasteiger partial charge in [-0.15, -0.1) is 24.0 Å². The van der Waals surface area contributed by atoms with Gasteiger partial charge in [-0.05, 0) is 34.2 Å². The zero-order chi connectivity index (χ0) is 10.1. The summed E-state index contributed by atoms with van der Waals surface area (Å²) in [6.07, 6.45) is 0.473. The molecule has 0 aliphatic heterocycles. The van der Waals surface area contributed by atoms with Crippen LogP contribution in [-0.2, 0) is 6.42 Å². The van der Waals surface area contributed by atoms with Crippen LogP contribution in [0.3, 0.4) is 0 Å². The number of hydrogen-bond donors (Lipinski definition) is 1. The van der Waals surface area contributed by atoms with Gasteiger partial charge in [0.15, 0.2) is 0 Å². The SMILES string of the molecule is N#CCc1ccc(S)c2c(I)csc12. The molecule has 70 valence electrons. The van der Waals surface area contributed by atoms with Gasteiger partial charge < -0.3 is 0 Å². The van der Waals surface area contributed by atoms with Gasteiger partial charge in [-0.25, -0.2) is 0 Å². The average molecular weight is 331 g/mol. The molecule has 0 spiro atoms. The molecule has 1 aromatic carbocycles. The summed E-state index contributed by atoms with van der Waals surface area (Å²) in [6.45, 7) is 0. The number of thiophene rings is 1. The van der Waals surface area contributed by atoms with Gasteiger partial charge in [-0.1, -0.05) is 6.07 Å². The van der Waals surface area contributed by atoms with E-state index in [1.54, 1.807) is 11.3 Å². The largest absolute Gasteiger partial charge is 0.198 e. The summed E-state index contributed by atoms with van der Waals surface area (Å²) >= 11 is 8.41. The van der Waals surface area contributed by atoms with Crippen molar-refractivity contribution in [2.45, 2.75) is 11.3 Å². The van der Waals surface area contributed by atoms with E-state index in [0.717, 1.165) is 10.5 Å². The van der Waals surface area contributed by atoms with Crippen molar-refractivity contribution in [1.29, 1.82) is 5.26 Å². The summed E-state index contributed by atoms with van der Waals surface area (Å²) in [4.78, 5) is 0.993. The second-order valence-corrected chi connectivity index (χ2v) is 5.39. The number of thiol groups is 1. The molecule has 0 atom stereocenters. The van der Waals surface area contributed by atoms with Crippen molar-refractivity contribution in [2.75, 3.05) is 0 Å². The summed E-state index contributed by atoms with van der Waals surface area (Å²) in [7, 11) is 0. The number of nitrogens with zero attached hydrogens (tertiary/aromatic N) is 1. The van der Waals surface area contributed by atoms with Gasteiger partial charge in [0.05, 0.1) is 12.5 Å². The third-order valence-corrected chi connectivity index (χ3v) is 4.71. The molecule has 0 saturated carbocycles. The Morgan fingerprint density at radius 1 is 1.50 bits per heavy atom. The van der Waals surface area contributed by atoms with Gasteiger partial charge in [0.25, 0.3) is 0 Å². The van der Waals surface area contributed by atoms with Crippen LogP contribution >= 0.6 is 46.6 Å². The highest BCUT2D eigenvalue weighted by Gasteiger charge is 2.08. The Hall–Kier alpha value is -0.250. The Morgan fingerprint density at radius 2 is 2.29 bits per heavy atom. The zero-order valence-electron chi connectivity index (χ0n) is 7.12. The van der Waals surface area contributed by atoms with Crippen LogP contribution in [0.4, 0.5) is 0 Å². The van der Waals surface area contributed by atoms with Crippen LogP contribution in [0.15, 0.2) is 22.4 Å². The molecular weight excluding hydrogens is 325 g/mol. The van der Waals surface area contributed by atoms with Crippen molar-refractivity contribution in [1.82, 2.24) is 0 Å². The number of rotatable bonds is 1. The van der Waals surface area contributed by atoms with E-state index >= 15 is 0 Å². The van der Waals surface area contributed by atoms with Gasteiger partial charge in [0.1, 0.15) is 0 Å². The fourth-order valence-electron chi connectivity index (χ4n) is 1.37. The minimum Gasteiger partial charge on any atom is -0.198 e. The summed E-state index contributed by atoms with van der Waals surface area (Å²) in [5.74, 6) is 0. The molecule has 0 N–H and O–H groups in total. The first-order valence-electron chi connectivity index (χ1n) is 3.98. The third kappa shape index (κ3) is 1.64. The van der Waals surface area contributed by atoms with Crippen LogP contribution in [-0.4, -0.2) is 0 Å². The summed E-state index contributed by atoms with van der Waals surface area (Å²) in [6, 6.07) is 6.14. The van der Waals surface area contributed by atoms with E-state index in [0.29, 0.717) is 6.42 Å². The summed E-state index contributed by atoms with van der Waals surface area (Å²) < 4.78 is 2.41. The second-order valence-electron chi connectivity index (χ2n) is 2.87. The number of fused-ring (bicyclic) bond motifs is 1. The Labute approximate surface area is 105 Å². The smallest absolute Gasteiger partial charge is 0.0670 e. The maximum Gasteiger partial charge on any atom is 0.0670 e. The molecule has 0 fully saturated rings. The Kier molecular flexibility index (Phi) is 3.00. The number of hydrogen-bond acceptors (Lipinski definition) is 3. The standard InChI is InChI=1S/C10H6INS2/c11-7-5-14-10-6(3-4-12)1-2-8(13)9(7)10/h1-2,5,13H,3H2. The lowest BCUT2D eigenvalue weighted by atomic mass is 10.1. The zero-order valence-corrected chi connectivity index (χ0v) is 11.0. The van der Waals surface area contributed by atoms with Gasteiger partial charge in [0, 0.05) is 23.9 Å². The Balaban J connectivity index is 2.78. The minimum atomic E-state index is 0.473. The summed E-state index contributed by atoms with van der Waals surface area (Å²) in [5, 5.41) is 12.0. The third-order valence-electron chi connectivity index (χ3n) is 2.01. The fraction of sp³-hybridized carbons (Fsp3) is 0.100. The Morgan fingerprint density at radius 3 is 3.00 bits per heavy atom. The first kappa shape index (κ1) is 10.3. The molecule has 0 bridgehead atoms. The van der Waals surface area contributed by atoms with Crippen molar-refractivity contribution >= 4 is 56.6 Å². The molecule has 0 saturated heterocycles. The normalized spacial score (nSPS) is 10.4. The van der Waals surface area contributed by atoms with Gasteiger partial charge in [-0.3, -0.25) is 0 Å². The second kappa shape index (κ2) is 4.09. The van der Waals surface area contributed by atoms with E-state index in [1.807, 2.05) is 12.1 Å². The predicted molar refractivity (Wildman–Crippen MR) is 71.1 cm³/mol. The van der Waals surface area contributed by atoms with Crippen molar-refractivity contribution in [3.05, 3.63) is 26.6 Å². The van der Waals surface area contributed by atoms with Crippen LogP contribution in [0.5, 0.6) is 0 Å². The number of benzene rings is 1. The monoisotopic (exact) mass is 331 g/mol. The van der Waals surface area contributed by atoms with Crippen molar-refractivity contribution in [3.63, 3.8) is 0 Å². The molecule has 0 amide bonds. The predicted octanol–water partition coefficient (Wildman–Crippen LogP) is 3.86. The number of halogens is 1. The van der Waals surface area contributed by atoms with Gasteiger partial charge in [0.2, 0.25) is 0 Å². The lowest BCUT2D eigenvalue weighted by Gasteiger charge is -2.00. The Bertz CT molecular complexity index is 525. The van der Waals surface area contributed by atoms with Crippen LogP contribution < -0.4 is 0 Å². The molecule has 4 heteroatoms. The van der Waals surface area contributed by atoms with E-state index in [2.05, 4.69) is 46.7 Å². The van der Waals surface area contributed by atoms with Crippen LogP contribution in [0.1, 0.15) is 5.56 Å². The molecule has 1 heterocycles. The van der Waals surface area contributed by atoms with Crippen molar-refractivity contribution in [2.24, 2.45) is 0 Å². The molecule has 1 nitrogen and oxygen atoms in total. The molecule has 1 aromatic heterocycles. The van der Waals surface area contributed by atoms with Crippen LogP contribution in [0.25, 0.3) is 10.1 Å².